The molecule has 1 heterocycles. The third kappa shape index (κ3) is 3.96. The Balaban J connectivity index is 2.27. The molecule has 0 radical (unpaired) electrons. The van der Waals surface area contributed by atoms with Crippen LogP contribution in [0, 0.1) is 5.92 Å². The van der Waals surface area contributed by atoms with Gasteiger partial charge in [-0.25, -0.2) is 9.59 Å². The molecule has 0 spiro atoms. The highest BCUT2D eigenvalue weighted by Gasteiger charge is 2.47. The molecule has 1 aromatic carbocycles. The SMILES string of the molecule is C=CCC1C(Cc2ccccc2)C[C@@H](C(=O)OCC)N1C(=O)OC. The molecule has 5 nitrogen and oxygen atoms in total. The van der Waals surface area contributed by atoms with Crippen LogP contribution in [0.5, 0.6) is 0 Å². The van der Waals surface area contributed by atoms with Gasteiger partial charge >= 0.3 is 12.1 Å². The van der Waals surface area contributed by atoms with E-state index in [1.54, 1.807) is 13.0 Å². The van der Waals surface area contributed by atoms with Gasteiger partial charge in [-0.2, -0.15) is 0 Å². The summed E-state index contributed by atoms with van der Waals surface area (Å²) in [6, 6.07) is 9.36. The Morgan fingerprint density at radius 2 is 2.04 bits per heavy atom. The standard InChI is InChI=1S/C19H25NO4/c1-4-9-16-15(12-14-10-7-6-8-11-14)13-17(18(21)24-5-2)20(16)19(22)23-3/h4,6-8,10-11,15-17H,1,5,9,12-13H2,2-3H3/t15?,16?,17-/m0/s1. The minimum absolute atomic E-state index is 0.121. The monoisotopic (exact) mass is 331 g/mol. The molecule has 1 aromatic rings. The number of ether oxygens (including phenoxy) is 2. The van der Waals surface area contributed by atoms with Crippen LogP contribution in [0.1, 0.15) is 25.3 Å². The maximum Gasteiger partial charge on any atom is 0.410 e. The molecule has 0 N–H and O–H groups in total. The van der Waals surface area contributed by atoms with Gasteiger partial charge in [0.1, 0.15) is 6.04 Å². The number of esters is 1. The summed E-state index contributed by atoms with van der Waals surface area (Å²) in [6.07, 6.45) is 3.27. The van der Waals surface area contributed by atoms with Crippen molar-refractivity contribution < 1.29 is 19.1 Å². The van der Waals surface area contributed by atoms with Gasteiger partial charge in [-0.1, -0.05) is 36.4 Å². The van der Waals surface area contributed by atoms with Crippen LogP contribution in [0.15, 0.2) is 43.0 Å². The second-order valence-electron chi connectivity index (χ2n) is 5.92. The number of likely N-dealkylation sites (tertiary alicyclic amines) is 1. The minimum atomic E-state index is -0.601. The lowest BCUT2D eigenvalue weighted by atomic mass is 9.90. The van der Waals surface area contributed by atoms with Crippen molar-refractivity contribution in [2.45, 2.75) is 38.3 Å². The number of carbonyl (C=O) groups excluding carboxylic acids is 2. The first kappa shape index (κ1) is 18.0. The number of amides is 1. The molecule has 1 fully saturated rings. The van der Waals surface area contributed by atoms with E-state index in [0.29, 0.717) is 19.4 Å². The molecule has 1 saturated heterocycles. The predicted octanol–water partition coefficient (Wildman–Crippen LogP) is 3.19. The quantitative estimate of drug-likeness (QED) is 0.593. The molecule has 2 rings (SSSR count). The second-order valence-corrected chi connectivity index (χ2v) is 5.92. The van der Waals surface area contributed by atoms with E-state index in [9.17, 15) is 9.59 Å². The van der Waals surface area contributed by atoms with E-state index in [4.69, 9.17) is 9.47 Å². The summed E-state index contributed by atoms with van der Waals surface area (Å²) < 4.78 is 10.1. The molecule has 0 saturated carbocycles. The third-order valence-corrected chi connectivity index (χ3v) is 4.46. The summed E-state index contributed by atoms with van der Waals surface area (Å²) in [5.74, 6) is -0.216. The van der Waals surface area contributed by atoms with E-state index in [1.807, 2.05) is 18.2 Å². The zero-order chi connectivity index (χ0) is 17.5. The summed E-state index contributed by atoms with van der Waals surface area (Å²) in [5.41, 5.74) is 1.19. The van der Waals surface area contributed by atoms with Gasteiger partial charge in [-0.15, -0.1) is 6.58 Å². The summed E-state index contributed by atoms with van der Waals surface area (Å²) in [5, 5.41) is 0. The highest BCUT2D eigenvalue weighted by molar-refractivity contribution is 5.82. The van der Waals surface area contributed by atoms with Crippen LogP contribution in [0.4, 0.5) is 4.79 Å². The lowest BCUT2D eigenvalue weighted by Crippen LogP contribution is -2.46. The van der Waals surface area contributed by atoms with Crippen molar-refractivity contribution in [3.8, 4) is 0 Å². The van der Waals surface area contributed by atoms with Crippen molar-refractivity contribution in [1.29, 1.82) is 0 Å². The van der Waals surface area contributed by atoms with Crippen molar-refractivity contribution in [2.24, 2.45) is 5.92 Å². The van der Waals surface area contributed by atoms with Crippen LogP contribution in [-0.2, 0) is 20.7 Å². The van der Waals surface area contributed by atoms with Crippen molar-refractivity contribution in [3.05, 3.63) is 48.6 Å². The van der Waals surface area contributed by atoms with Crippen molar-refractivity contribution in [2.75, 3.05) is 13.7 Å². The normalized spacial score (nSPS) is 22.9. The van der Waals surface area contributed by atoms with Gasteiger partial charge in [0, 0.05) is 6.04 Å². The first-order valence-corrected chi connectivity index (χ1v) is 8.30. The molecule has 130 valence electrons. The fraction of sp³-hybridized carbons (Fsp3) is 0.474. The average Bonchev–Trinajstić information content (AvgIpc) is 2.94. The van der Waals surface area contributed by atoms with Gasteiger partial charge in [0.25, 0.3) is 0 Å². The van der Waals surface area contributed by atoms with Gasteiger partial charge in [0.2, 0.25) is 0 Å². The zero-order valence-corrected chi connectivity index (χ0v) is 14.3. The van der Waals surface area contributed by atoms with E-state index in [2.05, 4.69) is 18.7 Å². The van der Waals surface area contributed by atoms with Crippen LogP contribution in [-0.4, -0.2) is 42.8 Å². The van der Waals surface area contributed by atoms with Crippen LogP contribution < -0.4 is 0 Å². The van der Waals surface area contributed by atoms with E-state index in [1.165, 1.54) is 17.6 Å². The van der Waals surface area contributed by atoms with Crippen LogP contribution in [0.25, 0.3) is 0 Å². The van der Waals surface area contributed by atoms with Crippen molar-refractivity contribution in [1.82, 2.24) is 4.90 Å². The maximum absolute atomic E-state index is 12.3. The van der Waals surface area contributed by atoms with E-state index >= 15 is 0 Å². The predicted molar refractivity (Wildman–Crippen MR) is 91.5 cm³/mol. The first-order valence-electron chi connectivity index (χ1n) is 8.30. The molecule has 1 aliphatic rings. The number of hydrogen-bond acceptors (Lipinski definition) is 4. The Morgan fingerprint density at radius 3 is 2.62 bits per heavy atom. The molecule has 1 amide bonds. The smallest absolute Gasteiger partial charge is 0.410 e. The number of methoxy groups -OCH3 is 1. The van der Waals surface area contributed by atoms with Gasteiger partial charge in [-0.05, 0) is 37.7 Å². The molecule has 0 aromatic heterocycles. The number of benzene rings is 1. The second kappa shape index (κ2) is 8.52. The highest BCUT2D eigenvalue weighted by atomic mass is 16.6. The van der Waals surface area contributed by atoms with E-state index in [0.717, 1.165) is 6.42 Å². The maximum atomic E-state index is 12.3. The summed E-state index contributed by atoms with van der Waals surface area (Å²) in [6.45, 7) is 5.85. The Morgan fingerprint density at radius 1 is 1.33 bits per heavy atom. The lowest BCUT2D eigenvalue weighted by Gasteiger charge is -2.29. The summed E-state index contributed by atoms with van der Waals surface area (Å²) in [7, 11) is 1.33. The molecule has 0 aliphatic carbocycles. The van der Waals surface area contributed by atoms with Gasteiger partial charge < -0.3 is 9.47 Å². The number of carbonyl (C=O) groups is 2. The fourth-order valence-corrected chi connectivity index (χ4v) is 3.44. The first-order chi connectivity index (χ1) is 11.6. The van der Waals surface area contributed by atoms with E-state index < -0.39 is 12.1 Å². The van der Waals surface area contributed by atoms with Gasteiger partial charge in [0.15, 0.2) is 0 Å². The average molecular weight is 331 g/mol. The molecule has 1 aliphatic heterocycles. The fourth-order valence-electron chi connectivity index (χ4n) is 3.44. The van der Waals surface area contributed by atoms with Gasteiger partial charge in [0.05, 0.1) is 13.7 Å². The van der Waals surface area contributed by atoms with Crippen LogP contribution in [0.2, 0.25) is 0 Å². The highest BCUT2D eigenvalue weighted by Crippen LogP contribution is 2.35. The molecule has 5 heteroatoms. The molecule has 2 unspecified atom stereocenters. The number of rotatable bonds is 6. The van der Waals surface area contributed by atoms with Gasteiger partial charge in [-0.3, -0.25) is 4.90 Å². The number of nitrogens with zero attached hydrogens (tertiary/aromatic N) is 1. The Bertz CT molecular complexity index is 572. The topological polar surface area (TPSA) is 55.8 Å². The Labute approximate surface area is 143 Å². The van der Waals surface area contributed by atoms with Crippen LogP contribution >= 0.6 is 0 Å². The molecular weight excluding hydrogens is 306 g/mol. The summed E-state index contributed by atoms with van der Waals surface area (Å²) in [4.78, 5) is 26.1. The molecular formula is C19H25NO4. The molecule has 0 bridgehead atoms. The zero-order valence-electron chi connectivity index (χ0n) is 14.3. The third-order valence-electron chi connectivity index (χ3n) is 4.46. The molecule has 3 atom stereocenters. The Hall–Kier alpha value is -2.30. The van der Waals surface area contributed by atoms with E-state index in [-0.39, 0.29) is 17.9 Å². The lowest BCUT2D eigenvalue weighted by molar-refractivity contribution is -0.148. The largest absolute Gasteiger partial charge is 0.464 e. The molecule has 24 heavy (non-hydrogen) atoms. The summed E-state index contributed by atoms with van der Waals surface area (Å²) >= 11 is 0. The van der Waals surface area contributed by atoms with Crippen molar-refractivity contribution >= 4 is 12.1 Å². The van der Waals surface area contributed by atoms with Crippen molar-refractivity contribution in [3.63, 3.8) is 0 Å². The van der Waals surface area contributed by atoms with Crippen LogP contribution in [0.3, 0.4) is 0 Å². The Kier molecular flexibility index (Phi) is 6.41. The number of hydrogen-bond donors (Lipinski definition) is 0. The minimum Gasteiger partial charge on any atom is -0.464 e.